The number of benzene rings is 1. The van der Waals surface area contributed by atoms with Gasteiger partial charge in [-0.05, 0) is 36.3 Å². The number of thiocarbonyl (C=S) groups is 1. The minimum absolute atomic E-state index is 0.457. The second-order valence-electron chi connectivity index (χ2n) is 4.74. The average molecular weight is 358 g/mol. The van der Waals surface area contributed by atoms with E-state index in [1.54, 1.807) is 23.1 Å². The average Bonchev–Trinajstić information content (AvgIpc) is 2.89. The van der Waals surface area contributed by atoms with Gasteiger partial charge in [0.1, 0.15) is 6.33 Å². The summed E-state index contributed by atoms with van der Waals surface area (Å²) in [4.78, 5) is 4.17. The molecule has 0 amide bonds. The highest BCUT2D eigenvalue weighted by molar-refractivity contribution is 7.80. The first kappa shape index (κ1) is 17.0. The lowest BCUT2D eigenvalue weighted by atomic mass is 10.2. The lowest BCUT2D eigenvalue weighted by molar-refractivity contribution is 0.687. The zero-order valence-electron chi connectivity index (χ0n) is 12.1. The summed E-state index contributed by atoms with van der Waals surface area (Å²) in [5, 5.41) is 12.1. The Hall–Kier alpha value is -1.37. The van der Waals surface area contributed by atoms with Crippen LogP contribution in [-0.4, -0.2) is 26.4 Å². The molecule has 0 atom stereocenters. The van der Waals surface area contributed by atoms with Crippen LogP contribution >= 0.6 is 35.4 Å². The summed E-state index contributed by atoms with van der Waals surface area (Å²) in [6.07, 6.45) is 3.81. The Morgan fingerprint density at radius 2 is 2.18 bits per heavy atom. The number of hydrogen-bond acceptors (Lipinski definition) is 3. The highest BCUT2D eigenvalue weighted by atomic mass is 35.5. The van der Waals surface area contributed by atoms with Gasteiger partial charge in [-0.3, -0.25) is 5.32 Å². The fourth-order valence-corrected chi connectivity index (χ4v) is 2.44. The van der Waals surface area contributed by atoms with E-state index in [2.05, 4.69) is 27.6 Å². The van der Waals surface area contributed by atoms with Crippen LogP contribution in [0.3, 0.4) is 0 Å². The van der Waals surface area contributed by atoms with Crippen molar-refractivity contribution in [3.05, 3.63) is 40.1 Å². The van der Waals surface area contributed by atoms with Gasteiger partial charge in [0.05, 0.1) is 6.54 Å². The van der Waals surface area contributed by atoms with Crippen molar-refractivity contribution in [2.75, 3.05) is 11.9 Å². The van der Waals surface area contributed by atoms with Crippen molar-refractivity contribution < 1.29 is 0 Å². The number of unbranched alkanes of at least 4 members (excludes halogenated alkanes) is 1. The van der Waals surface area contributed by atoms with Crippen LogP contribution in [0.5, 0.6) is 0 Å². The molecular weight excluding hydrogens is 341 g/mol. The summed E-state index contributed by atoms with van der Waals surface area (Å²) in [7, 11) is 0. The van der Waals surface area contributed by atoms with E-state index in [0.717, 1.165) is 24.9 Å². The first-order valence-corrected chi connectivity index (χ1v) is 8.13. The van der Waals surface area contributed by atoms with Crippen molar-refractivity contribution >= 4 is 46.5 Å². The SMILES string of the molecule is CCCCNC(=S)Nc1ncn(Cc2ccc(Cl)cc2Cl)n1. The summed E-state index contributed by atoms with van der Waals surface area (Å²) in [5.41, 5.74) is 0.922. The Labute approximate surface area is 145 Å². The number of halogens is 2. The van der Waals surface area contributed by atoms with Crippen molar-refractivity contribution in [1.82, 2.24) is 20.1 Å². The molecule has 5 nitrogen and oxygen atoms in total. The summed E-state index contributed by atoms with van der Waals surface area (Å²) < 4.78 is 1.69. The molecule has 2 aromatic rings. The Morgan fingerprint density at radius 1 is 1.36 bits per heavy atom. The minimum Gasteiger partial charge on any atom is -0.362 e. The lowest BCUT2D eigenvalue weighted by Crippen LogP contribution is -2.29. The molecule has 2 rings (SSSR count). The molecule has 0 aliphatic carbocycles. The molecule has 22 heavy (non-hydrogen) atoms. The zero-order valence-corrected chi connectivity index (χ0v) is 14.5. The van der Waals surface area contributed by atoms with Crippen molar-refractivity contribution in [2.45, 2.75) is 26.3 Å². The van der Waals surface area contributed by atoms with Crippen LogP contribution in [-0.2, 0) is 6.54 Å². The molecule has 2 N–H and O–H groups in total. The number of nitrogens with zero attached hydrogens (tertiary/aromatic N) is 3. The minimum atomic E-state index is 0.457. The van der Waals surface area contributed by atoms with E-state index in [9.17, 15) is 0 Å². The van der Waals surface area contributed by atoms with E-state index in [1.807, 2.05) is 6.07 Å². The predicted molar refractivity (Wildman–Crippen MR) is 94.7 cm³/mol. The van der Waals surface area contributed by atoms with Gasteiger partial charge in [-0.15, -0.1) is 5.10 Å². The fraction of sp³-hybridized carbons (Fsp3) is 0.357. The van der Waals surface area contributed by atoms with Crippen LogP contribution in [0, 0.1) is 0 Å². The Kier molecular flexibility index (Phi) is 6.42. The van der Waals surface area contributed by atoms with Crippen molar-refractivity contribution in [3.8, 4) is 0 Å². The second-order valence-corrected chi connectivity index (χ2v) is 5.99. The van der Waals surface area contributed by atoms with Gasteiger partial charge >= 0.3 is 0 Å². The quantitative estimate of drug-likeness (QED) is 0.609. The number of aromatic nitrogens is 3. The largest absolute Gasteiger partial charge is 0.362 e. The monoisotopic (exact) mass is 357 g/mol. The van der Waals surface area contributed by atoms with Crippen LogP contribution in [0.25, 0.3) is 0 Å². The first-order chi connectivity index (χ1) is 10.6. The van der Waals surface area contributed by atoms with E-state index < -0.39 is 0 Å². The van der Waals surface area contributed by atoms with Gasteiger partial charge in [-0.1, -0.05) is 42.6 Å². The molecule has 8 heteroatoms. The van der Waals surface area contributed by atoms with Gasteiger partial charge in [-0.25, -0.2) is 9.67 Å². The van der Waals surface area contributed by atoms with E-state index in [0.29, 0.717) is 27.7 Å². The second kappa shape index (κ2) is 8.31. The predicted octanol–water partition coefficient (Wildman–Crippen LogP) is 3.72. The topological polar surface area (TPSA) is 54.8 Å². The van der Waals surface area contributed by atoms with E-state index in [4.69, 9.17) is 35.4 Å². The fourth-order valence-electron chi connectivity index (χ4n) is 1.78. The Balaban J connectivity index is 1.92. The molecule has 0 aliphatic rings. The normalized spacial score (nSPS) is 10.5. The third-order valence-electron chi connectivity index (χ3n) is 2.93. The summed E-state index contributed by atoms with van der Waals surface area (Å²) >= 11 is 17.2. The van der Waals surface area contributed by atoms with E-state index in [-0.39, 0.29) is 0 Å². The number of nitrogens with one attached hydrogen (secondary N) is 2. The van der Waals surface area contributed by atoms with Gasteiger partial charge < -0.3 is 5.32 Å². The van der Waals surface area contributed by atoms with Gasteiger partial charge in [0, 0.05) is 16.6 Å². The molecule has 1 aromatic carbocycles. The Bertz CT molecular complexity index is 644. The Morgan fingerprint density at radius 3 is 2.91 bits per heavy atom. The van der Waals surface area contributed by atoms with Crippen LogP contribution in [0.1, 0.15) is 25.3 Å². The number of anilines is 1. The molecule has 118 valence electrons. The smallest absolute Gasteiger partial charge is 0.248 e. The molecule has 0 saturated heterocycles. The van der Waals surface area contributed by atoms with Gasteiger partial charge in [0.2, 0.25) is 5.95 Å². The zero-order chi connectivity index (χ0) is 15.9. The number of rotatable bonds is 6. The van der Waals surface area contributed by atoms with Crippen LogP contribution in [0.4, 0.5) is 5.95 Å². The molecule has 0 radical (unpaired) electrons. The molecule has 1 aromatic heterocycles. The van der Waals surface area contributed by atoms with Crippen molar-refractivity contribution in [1.29, 1.82) is 0 Å². The van der Waals surface area contributed by atoms with Crippen LogP contribution < -0.4 is 10.6 Å². The molecule has 0 fully saturated rings. The standard InChI is InChI=1S/C14H17Cl2N5S/c1-2-3-6-17-14(22)19-13-18-9-21(20-13)8-10-4-5-11(15)7-12(10)16/h4-5,7,9H,2-3,6,8H2,1H3,(H2,17,19,20,22). The van der Waals surface area contributed by atoms with Crippen molar-refractivity contribution in [3.63, 3.8) is 0 Å². The maximum atomic E-state index is 6.15. The third-order valence-corrected chi connectivity index (χ3v) is 3.76. The van der Waals surface area contributed by atoms with E-state index in [1.165, 1.54) is 0 Å². The molecular formula is C14H17Cl2N5S. The summed E-state index contributed by atoms with van der Waals surface area (Å²) in [5.74, 6) is 0.457. The maximum absolute atomic E-state index is 6.15. The molecule has 0 aliphatic heterocycles. The van der Waals surface area contributed by atoms with Gasteiger partial charge in [-0.2, -0.15) is 0 Å². The molecule has 0 spiro atoms. The van der Waals surface area contributed by atoms with Gasteiger partial charge in [0.25, 0.3) is 0 Å². The summed E-state index contributed by atoms with van der Waals surface area (Å²) in [6, 6.07) is 5.38. The molecule has 0 unspecified atom stereocenters. The van der Waals surface area contributed by atoms with Crippen LogP contribution in [0.15, 0.2) is 24.5 Å². The first-order valence-electron chi connectivity index (χ1n) is 6.96. The lowest BCUT2D eigenvalue weighted by Gasteiger charge is -2.07. The van der Waals surface area contributed by atoms with Crippen LogP contribution in [0.2, 0.25) is 10.0 Å². The van der Waals surface area contributed by atoms with Crippen molar-refractivity contribution in [2.24, 2.45) is 0 Å². The molecule has 1 heterocycles. The highest BCUT2D eigenvalue weighted by Gasteiger charge is 2.06. The maximum Gasteiger partial charge on any atom is 0.248 e. The summed E-state index contributed by atoms with van der Waals surface area (Å²) in [6.45, 7) is 3.48. The number of hydrogen-bond donors (Lipinski definition) is 2. The molecule has 0 bridgehead atoms. The van der Waals surface area contributed by atoms with E-state index >= 15 is 0 Å². The molecule has 0 saturated carbocycles. The highest BCUT2D eigenvalue weighted by Crippen LogP contribution is 2.21. The third kappa shape index (κ3) is 5.12. The van der Waals surface area contributed by atoms with Gasteiger partial charge in [0.15, 0.2) is 5.11 Å².